The van der Waals surface area contributed by atoms with Crippen LogP contribution in [0, 0.1) is 0 Å². The van der Waals surface area contributed by atoms with Crippen molar-refractivity contribution in [2.45, 2.75) is 0 Å². The van der Waals surface area contributed by atoms with E-state index >= 15 is 0 Å². The molecule has 0 aromatic heterocycles. The second kappa shape index (κ2) is 3.69. The van der Waals surface area contributed by atoms with E-state index in [1.165, 1.54) is 0 Å². The van der Waals surface area contributed by atoms with Crippen molar-refractivity contribution >= 4 is 53.7 Å². The number of hydrogen-bond acceptors (Lipinski definition) is 3. The molecule has 5 heteroatoms. The molecule has 1 heterocycles. The van der Waals surface area contributed by atoms with Crippen molar-refractivity contribution in [2.75, 3.05) is 0 Å². The van der Waals surface area contributed by atoms with Gasteiger partial charge in [-0.3, -0.25) is 4.41 Å². The zero-order valence-corrected chi connectivity index (χ0v) is 8.93. The molecule has 1 aliphatic rings. The molecule has 1 aromatic rings. The number of rotatable bonds is 0. The molecule has 0 spiro atoms. The Kier molecular flexibility index (Phi) is 3.09. The zero-order valence-electron chi connectivity index (χ0n) is 6.11. The number of hydrogen-bond donors (Lipinski definition) is 1. The third-order valence-corrected chi connectivity index (χ3v) is 1.68. The van der Waals surface area contributed by atoms with Gasteiger partial charge >= 0.3 is 0 Å². The molecule has 1 aromatic carbocycles. The van der Waals surface area contributed by atoms with E-state index in [-0.39, 0.29) is 29.6 Å². The predicted molar refractivity (Wildman–Crippen MR) is 44.7 cm³/mol. The van der Waals surface area contributed by atoms with Gasteiger partial charge in [-0.05, 0) is 6.07 Å². The van der Waals surface area contributed by atoms with Gasteiger partial charge in [0.1, 0.15) is 0 Å². The van der Waals surface area contributed by atoms with Gasteiger partial charge in [-0.15, -0.1) is 0 Å². The molecule has 0 amide bonds. The molecule has 1 N–H and O–H groups in total. The van der Waals surface area contributed by atoms with E-state index in [1.807, 2.05) is 24.3 Å². The molecule has 11 heavy (non-hydrogen) atoms. The molecule has 0 fully saturated rings. The quantitative estimate of drug-likeness (QED) is 0.444. The van der Waals surface area contributed by atoms with Crippen molar-refractivity contribution in [2.24, 2.45) is 10.3 Å². The molecule has 1 atom stereocenters. The predicted octanol–water partition coefficient (Wildman–Crippen LogP) is 0.296. The minimum absolute atomic E-state index is 0. The molecule has 1 unspecified atom stereocenters. The van der Waals surface area contributed by atoms with Crippen molar-refractivity contribution < 1.29 is 4.41 Å². The van der Waals surface area contributed by atoms with E-state index in [4.69, 9.17) is 12.8 Å². The van der Waals surface area contributed by atoms with Crippen LogP contribution in [0.2, 0.25) is 0 Å². The minimum Gasteiger partial charge on any atom is -0.455 e. The van der Waals surface area contributed by atoms with Gasteiger partial charge in [-0.1, -0.05) is 17.2 Å². The number of fused-ring (bicyclic) bond motifs is 1. The molecule has 3 nitrogen and oxygen atoms in total. The molecular formula is C6H5N3NaS. The Morgan fingerprint density at radius 3 is 2.73 bits per heavy atom. The topological polar surface area (TPSA) is 29.2 Å². The first-order valence-electron chi connectivity index (χ1n) is 2.93. The van der Waals surface area contributed by atoms with E-state index < -0.39 is 0 Å². The van der Waals surface area contributed by atoms with Gasteiger partial charge in [0.05, 0.1) is 0 Å². The van der Waals surface area contributed by atoms with Gasteiger partial charge < -0.3 is 12.8 Å². The number of nitrogens with one attached hydrogen (secondary N) is 1. The second-order valence-corrected chi connectivity index (χ2v) is 2.41. The summed E-state index contributed by atoms with van der Waals surface area (Å²) < 4.78 is 0.593. The van der Waals surface area contributed by atoms with Crippen LogP contribution in [0.4, 0.5) is 11.4 Å². The monoisotopic (exact) mass is 174 g/mol. The van der Waals surface area contributed by atoms with Crippen molar-refractivity contribution in [1.82, 2.24) is 0 Å². The Labute approximate surface area is 92.3 Å². The average Bonchev–Trinajstić information content (AvgIpc) is 2.34. The van der Waals surface area contributed by atoms with Gasteiger partial charge in [-0.2, -0.15) is 0 Å². The maximum atomic E-state index is 4.91. The smallest absolute Gasteiger partial charge is 0.168 e. The minimum atomic E-state index is 0. The molecule has 0 saturated heterocycles. The maximum absolute atomic E-state index is 4.91. The van der Waals surface area contributed by atoms with Crippen LogP contribution in [-0.4, -0.2) is 29.6 Å². The first-order valence-corrected chi connectivity index (χ1v) is 3.34. The maximum Gasteiger partial charge on any atom is 0.168 e. The van der Waals surface area contributed by atoms with E-state index in [0.29, 0.717) is 4.41 Å². The van der Waals surface area contributed by atoms with E-state index in [2.05, 4.69) is 10.3 Å². The zero-order chi connectivity index (χ0) is 6.97. The normalized spacial score (nSPS) is 19.2. The summed E-state index contributed by atoms with van der Waals surface area (Å²) in [6.07, 6.45) is 0. The Balaban J connectivity index is 0.000000605. The van der Waals surface area contributed by atoms with Crippen molar-refractivity contribution in [3.8, 4) is 0 Å². The van der Waals surface area contributed by atoms with Crippen LogP contribution in [0.15, 0.2) is 34.6 Å². The second-order valence-electron chi connectivity index (χ2n) is 2.02. The number of benzene rings is 1. The largest absolute Gasteiger partial charge is 0.455 e. The van der Waals surface area contributed by atoms with Crippen molar-refractivity contribution in [3.63, 3.8) is 0 Å². The third-order valence-electron chi connectivity index (χ3n) is 1.38. The molecule has 51 valence electrons. The molecular weight excluding hydrogens is 169 g/mol. The summed E-state index contributed by atoms with van der Waals surface area (Å²) in [5.41, 5.74) is 1.85. The summed E-state index contributed by atoms with van der Waals surface area (Å²) in [6.45, 7) is 0. The Morgan fingerprint density at radius 2 is 2.00 bits per heavy atom. The van der Waals surface area contributed by atoms with Crippen LogP contribution in [0.1, 0.15) is 0 Å². The number of nitrogens with zero attached hydrogens (tertiary/aromatic N) is 2. The Hall–Kier alpha value is 0.130. The van der Waals surface area contributed by atoms with Crippen LogP contribution >= 0.6 is 0 Å². The summed E-state index contributed by atoms with van der Waals surface area (Å²) in [6, 6.07) is 7.68. The first-order chi connectivity index (χ1) is 4.88. The van der Waals surface area contributed by atoms with Crippen LogP contribution in [0.25, 0.3) is 0 Å². The van der Waals surface area contributed by atoms with Gasteiger partial charge in [0.15, 0.2) is 11.4 Å². The van der Waals surface area contributed by atoms with Crippen LogP contribution in [0.3, 0.4) is 0 Å². The first kappa shape index (κ1) is 9.22. The molecule has 2 rings (SSSR count). The molecule has 0 bridgehead atoms. The molecule has 0 aliphatic carbocycles. The summed E-state index contributed by atoms with van der Waals surface area (Å²) in [4.78, 5) is 0. The fourth-order valence-electron chi connectivity index (χ4n) is 0.895. The Morgan fingerprint density at radius 1 is 1.27 bits per heavy atom. The fraction of sp³-hybridized carbons (Fsp3) is 0. The standard InChI is InChI=1S/C6H5N3S.Na/c10-9-6-4-2-1-3-5(6)7-8-9;/h1-4,9H;. The van der Waals surface area contributed by atoms with Crippen molar-refractivity contribution in [3.05, 3.63) is 24.3 Å². The van der Waals surface area contributed by atoms with Gasteiger partial charge in [0, 0.05) is 40.8 Å². The third kappa shape index (κ3) is 1.65. The van der Waals surface area contributed by atoms with Gasteiger partial charge in [0.2, 0.25) is 0 Å². The van der Waals surface area contributed by atoms with Crippen LogP contribution in [0.5, 0.6) is 0 Å². The van der Waals surface area contributed by atoms with Crippen LogP contribution in [-0.2, 0) is 12.8 Å². The molecule has 1 aliphatic heterocycles. The fourth-order valence-corrected chi connectivity index (χ4v) is 1.11. The summed E-state index contributed by atoms with van der Waals surface area (Å²) in [5.74, 6) is 0. The van der Waals surface area contributed by atoms with Gasteiger partial charge in [-0.25, -0.2) is 0 Å². The SMILES string of the molecule is [Na].[S-][NH+]1N=Nc2ccccc21. The average molecular weight is 174 g/mol. The molecule has 0 saturated carbocycles. The summed E-state index contributed by atoms with van der Waals surface area (Å²) >= 11 is 4.91. The van der Waals surface area contributed by atoms with Crippen LogP contribution < -0.4 is 4.41 Å². The molecule has 1 radical (unpaired) electrons. The Bertz CT molecular complexity index is 289. The number of quaternary nitrogens is 1. The summed E-state index contributed by atoms with van der Waals surface area (Å²) in [7, 11) is 0. The van der Waals surface area contributed by atoms with E-state index in [1.54, 1.807) is 0 Å². The van der Waals surface area contributed by atoms with Crippen molar-refractivity contribution in [1.29, 1.82) is 0 Å². The summed E-state index contributed by atoms with van der Waals surface area (Å²) in [5, 5.41) is 7.62. The van der Waals surface area contributed by atoms with Gasteiger partial charge in [0.25, 0.3) is 0 Å². The van der Waals surface area contributed by atoms with E-state index in [0.717, 1.165) is 11.4 Å². The van der Waals surface area contributed by atoms with E-state index in [9.17, 15) is 0 Å².